The smallest absolute Gasteiger partial charge is 0.338 e. The Morgan fingerprint density at radius 3 is 2.16 bits per heavy atom. The highest BCUT2D eigenvalue weighted by molar-refractivity contribution is 6.28. The van der Waals surface area contributed by atoms with Crippen LogP contribution < -0.4 is 18.9 Å². The number of halogens is 4. The molecule has 2 aromatic carbocycles. The summed E-state index contributed by atoms with van der Waals surface area (Å²) in [4.78, 5) is 33.1. The third-order valence-corrected chi connectivity index (χ3v) is 10.0. The number of ether oxygens (including phenoxy) is 7. The lowest BCUT2D eigenvalue weighted by molar-refractivity contribution is -0.176. The van der Waals surface area contributed by atoms with Crippen LogP contribution in [0.1, 0.15) is 40.5 Å². The average Bonchev–Trinajstić information content (AvgIpc) is 3.50. The Balaban J connectivity index is 0.000000745. The molecule has 1 aliphatic carbocycles. The number of hydrogen-bond acceptors (Lipinski definition) is 10. The normalized spacial score (nSPS) is 24.0. The molecule has 1 N–H and O–H groups in total. The fourth-order valence-electron chi connectivity index (χ4n) is 7.76. The number of H-pyrrole nitrogens is 1. The molecule has 50 heavy (non-hydrogen) atoms. The third-order valence-electron chi connectivity index (χ3n) is 9.90. The van der Waals surface area contributed by atoms with Crippen molar-refractivity contribution in [3.8, 4) is 23.0 Å². The second-order valence-electron chi connectivity index (χ2n) is 12.2. The predicted octanol–water partition coefficient (Wildman–Crippen LogP) is 6.43. The fraction of sp³-hybridized carbons (Fsp3) is 0.486. The summed E-state index contributed by atoms with van der Waals surface area (Å²) in [5.41, 5.74) is 3.83. The summed E-state index contributed by atoms with van der Waals surface area (Å²) in [5.74, 6) is 0.441. The highest BCUT2D eigenvalue weighted by Crippen LogP contribution is 2.51. The molecule has 0 unspecified atom stereocenters. The molecule has 15 heteroatoms. The zero-order valence-electron chi connectivity index (χ0n) is 28.5. The lowest BCUT2D eigenvalue weighted by atomic mass is 9.63. The molecule has 6 rings (SSSR count). The second-order valence-corrected chi connectivity index (χ2v) is 12.5. The predicted molar refractivity (Wildman–Crippen MR) is 177 cm³/mol. The molecular formula is C35H40ClF3N2O9. The van der Waals surface area contributed by atoms with Crippen LogP contribution in [0, 0.1) is 17.8 Å². The topological polar surface area (TPSA) is 118 Å². The van der Waals surface area contributed by atoms with Crippen molar-refractivity contribution >= 4 is 34.4 Å². The maximum Gasteiger partial charge on any atom is 0.338 e. The summed E-state index contributed by atoms with van der Waals surface area (Å²) in [5, 5.41) is -0.723. The molecule has 3 aromatic rings. The van der Waals surface area contributed by atoms with E-state index in [2.05, 4.69) is 27.6 Å². The summed E-state index contributed by atoms with van der Waals surface area (Å²) < 4.78 is 70.9. The monoisotopic (exact) mass is 724 g/mol. The van der Waals surface area contributed by atoms with Gasteiger partial charge >= 0.3 is 18.0 Å². The number of carbonyl (C=O) groups is 2. The number of nitrogens with one attached hydrogen (secondary N) is 1. The van der Waals surface area contributed by atoms with E-state index in [1.54, 1.807) is 26.4 Å². The minimum absolute atomic E-state index is 0.0170. The lowest BCUT2D eigenvalue weighted by Gasteiger charge is -2.52. The molecule has 3 aliphatic rings. The van der Waals surface area contributed by atoms with E-state index in [-0.39, 0.29) is 29.4 Å². The number of aromatic amines is 1. The SMILES string of the molecule is COC(=O)[C@H]1[C@H]2C[C@@H]3c4[nH]c5cc(OC)ccc5c4CCN3C[C@H]2C[C@@H](OC(=O)c2cc(OC)c(OC)c(OC)c2)[C@@H]1OC.FC(F)=C(F)Cl. The molecule has 6 atom stereocenters. The van der Waals surface area contributed by atoms with Crippen molar-refractivity contribution < 1.29 is 55.9 Å². The number of esters is 2. The molecule has 2 aliphatic heterocycles. The minimum Gasteiger partial charge on any atom is -0.497 e. The third kappa shape index (κ3) is 7.19. The van der Waals surface area contributed by atoms with E-state index in [1.807, 2.05) is 12.1 Å². The van der Waals surface area contributed by atoms with Gasteiger partial charge in [-0.2, -0.15) is 13.2 Å². The van der Waals surface area contributed by atoms with Crippen LogP contribution >= 0.6 is 11.6 Å². The van der Waals surface area contributed by atoms with Crippen LogP contribution in [0.5, 0.6) is 23.0 Å². The van der Waals surface area contributed by atoms with Crippen molar-refractivity contribution in [2.24, 2.45) is 17.8 Å². The van der Waals surface area contributed by atoms with E-state index in [4.69, 9.17) is 33.2 Å². The van der Waals surface area contributed by atoms with E-state index in [0.29, 0.717) is 23.7 Å². The largest absolute Gasteiger partial charge is 0.497 e. The minimum atomic E-state index is -2.48. The van der Waals surface area contributed by atoms with Crippen LogP contribution in [0.25, 0.3) is 10.9 Å². The van der Waals surface area contributed by atoms with Crippen molar-refractivity contribution in [1.82, 2.24) is 9.88 Å². The number of methoxy groups -OCH3 is 6. The molecule has 1 saturated heterocycles. The average molecular weight is 725 g/mol. The molecular weight excluding hydrogens is 685 g/mol. The zero-order valence-corrected chi connectivity index (χ0v) is 29.3. The van der Waals surface area contributed by atoms with E-state index in [9.17, 15) is 22.8 Å². The van der Waals surface area contributed by atoms with Gasteiger partial charge in [-0.05, 0) is 72.5 Å². The maximum atomic E-state index is 13.5. The van der Waals surface area contributed by atoms with Crippen molar-refractivity contribution in [3.63, 3.8) is 0 Å². The van der Waals surface area contributed by atoms with Crippen LogP contribution in [0.2, 0.25) is 0 Å². The van der Waals surface area contributed by atoms with Crippen LogP contribution in [0.4, 0.5) is 13.2 Å². The molecule has 0 bridgehead atoms. The number of rotatable bonds is 8. The molecule has 1 aromatic heterocycles. The quantitative estimate of drug-likeness (QED) is 0.261. The van der Waals surface area contributed by atoms with Crippen molar-refractivity contribution in [3.05, 3.63) is 58.5 Å². The summed E-state index contributed by atoms with van der Waals surface area (Å²) in [6.45, 7) is 1.68. The van der Waals surface area contributed by atoms with Gasteiger partial charge in [0.1, 0.15) is 18.0 Å². The highest BCUT2D eigenvalue weighted by atomic mass is 35.5. The first-order valence-corrected chi connectivity index (χ1v) is 16.3. The number of hydrogen-bond donors (Lipinski definition) is 1. The number of aromatic nitrogens is 1. The molecule has 272 valence electrons. The van der Waals surface area contributed by atoms with Gasteiger partial charge in [0.15, 0.2) is 11.5 Å². The number of piperidine rings is 1. The maximum absolute atomic E-state index is 13.5. The van der Waals surface area contributed by atoms with Gasteiger partial charge in [-0.25, -0.2) is 4.79 Å². The molecule has 2 fully saturated rings. The number of carbonyl (C=O) groups excluding carboxylic acids is 2. The van der Waals surface area contributed by atoms with Crippen LogP contribution in [0.15, 0.2) is 41.7 Å². The molecule has 0 amide bonds. The summed E-state index contributed by atoms with van der Waals surface area (Å²) in [7, 11) is 9.10. The molecule has 0 radical (unpaired) electrons. The van der Waals surface area contributed by atoms with Gasteiger partial charge in [-0.1, -0.05) is 0 Å². The molecule has 0 spiro atoms. The van der Waals surface area contributed by atoms with Gasteiger partial charge < -0.3 is 38.1 Å². The van der Waals surface area contributed by atoms with Gasteiger partial charge in [-0.3, -0.25) is 9.69 Å². The number of fused-ring (bicyclic) bond motifs is 6. The Morgan fingerprint density at radius 2 is 1.60 bits per heavy atom. The van der Waals surface area contributed by atoms with Gasteiger partial charge in [0.25, 0.3) is 5.29 Å². The van der Waals surface area contributed by atoms with E-state index < -0.39 is 35.5 Å². The number of benzene rings is 2. The summed E-state index contributed by atoms with van der Waals surface area (Å²) in [6, 6.07) is 9.40. The standard InChI is InChI=1S/C33H40N2O9.C2ClF3/c1-38-19-7-8-20-21-9-10-35-16-18-13-27(44-32(36)17-11-25(39-2)30(41-4)26(12-17)40-3)31(42-5)28(33(37)43-6)22(18)15-24(35)29(21)34-23(20)14-19;3-1(4)2(5)6/h7-8,11-12,14,18,22,24,27-28,31,34H,9-10,13,15-16H2,1-6H3;/t18-,22+,24-,27-,28+,31+;/m1./s1. The zero-order chi connectivity index (χ0) is 36.3. The first kappa shape index (κ1) is 37.1. The van der Waals surface area contributed by atoms with Crippen LogP contribution in [0.3, 0.4) is 0 Å². The van der Waals surface area contributed by atoms with Gasteiger partial charge in [0, 0.05) is 42.9 Å². The second kappa shape index (κ2) is 15.8. The van der Waals surface area contributed by atoms with E-state index in [0.717, 1.165) is 37.2 Å². The highest BCUT2D eigenvalue weighted by Gasteiger charge is 2.54. The van der Waals surface area contributed by atoms with Gasteiger partial charge in [-0.15, -0.1) is 0 Å². The summed E-state index contributed by atoms with van der Waals surface area (Å²) in [6.07, 6.45) is -1.56. The van der Waals surface area contributed by atoms with E-state index >= 15 is 0 Å². The fourth-order valence-corrected chi connectivity index (χ4v) is 7.76. The first-order valence-electron chi connectivity index (χ1n) is 15.9. The van der Waals surface area contributed by atoms with Crippen molar-refractivity contribution in [2.45, 2.75) is 37.5 Å². The molecule has 1 saturated carbocycles. The number of nitrogens with zero attached hydrogens (tertiary/aromatic N) is 1. The Bertz CT molecular complexity index is 1710. The van der Waals surface area contributed by atoms with Gasteiger partial charge in [0.2, 0.25) is 5.75 Å². The Labute approximate surface area is 292 Å². The molecule has 11 nitrogen and oxygen atoms in total. The Hall–Kier alpha value is -4.14. The lowest BCUT2D eigenvalue weighted by Crippen LogP contribution is -2.58. The molecule has 3 heterocycles. The van der Waals surface area contributed by atoms with E-state index in [1.165, 1.54) is 45.1 Å². The Kier molecular flexibility index (Phi) is 11.7. The van der Waals surface area contributed by atoms with Crippen LogP contribution in [-0.2, 0) is 25.4 Å². The van der Waals surface area contributed by atoms with Crippen molar-refractivity contribution in [1.29, 1.82) is 0 Å². The van der Waals surface area contributed by atoms with Gasteiger partial charge in [0.05, 0.1) is 53.1 Å². The van der Waals surface area contributed by atoms with Crippen molar-refractivity contribution in [2.75, 3.05) is 55.7 Å². The Morgan fingerprint density at radius 1 is 0.920 bits per heavy atom. The first-order chi connectivity index (χ1) is 24.0. The summed E-state index contributed by atoms with van der Waals surface area (Å²) >= 11 is 4.08. The van der Waals surface area contributed by atoms with Crippen LogP contribution in [-0.4, -0.2) is 89.8 Å².